The van der Waals surface area contributed by atoms with E-state index >= 15 is 0 Å². The lowest BCUT2D eigenvalue weighted by Crippen LogP contribution is -2.34. The van der Waals surface area contributed by atoms with Crippen molar-refractivity contribution in [3.63, 3.8) is 0 Å². The van der Waals surface area contributed by atoms with Gasteiger partial charge in [-0.2, -0.15) is 0 Å². The van der Waals surface area contributed by atoms with E-state index in [1.54, 1.807) is 0 Å². The maximum atomic E-state index is 11.1. The number of carbonyl (C=O) groups excluding carboxylic acids is 3. The number of rotatable bonds is 0. The molecule has 0 saturated carbocycles. The first-order valence-corrected chi connectivity index (χ1v) is 12.1. The number of nitrogens with zero attached hydrogens (tertiary/aromatic N) is 1. The van der Waals surface area contributed by atoms with Crippen LogP contribution in [0.4, 0.5) is 4.79 Å². The number of amides is 3. The normalized spacial score (nSPS) is 23.4. The topological polar surface area (TPSA) is 96.9 Å². The number of allylic oxidation sites excluding steroid dienone is 1. The lowest BCUT2D eigenvalue weighted by atomic mass is 9.88. The summed E-state index contributed by atoms with van der Waals surface area (Å²) >= 11 is 2.61. The Balaban J connectivity index is 0.000000240. The van der Waals surface area contributed by atoms with Crippen molar-refractivity contribution in [1.29, 1.82) is 0 Å². The predicted molar refractivity (Wildman–Crippen MR) is 134 cm³/mol. The second-order valence-corrected chi connectivity index (χ2v) is 13.0. The van der Waals surface area contributed by atoms with Crippen molar-refractivity contribution in [2.45, 2.75) is 80.1 Å². The minimum Gasteiger partial charge on any atom is -0.466 e. The molecule has 2 N–H and O–H groups in total. The van der Waals surface area contributed by atoms with Gasteiger partial charge in [-0.25, -0.2) is 4.40 Å². The van der Waals surface area contributed by atoms with Crippen LogP contribution in [-0.2, 0) is 14.3 Å². The molecule has 9 heteroatoms. The summed E-state index contributed by atoms with van der Waals surface area (Å²) in [6.07, 6.45) is 0.587. The summed E-state index contributed by atoms with van der Waals surface area (Å²) in [4.78, 5) is 34.1. The number of imide groups is 1. The highest BCUT2D eigenvalue weighted by atomic mass is 32.2. The van der Waals surface area contributed by atoms with Gasteiger partial charge in [0, 0.05) is 39.8 Å². The number of hydrogen-bond acceptors (Lipinski definition) is 7. The third-order valence-corrected chi connectivity index (χ3v) is 6.72. The second kappa shape index (κ2) is 10.5. The van der Waals surface area contributed by atoms with Crippen LogP contribution in [0.25, 0.3) is 0 Å². The van der Waals surface area contributed by atoms with Gasteiger partial charge in [0.25, 0.3) is 11.1 Å². The molecule has 2 fully saturated rings. The molecule has 0 radical (unpaired) electrons. The fourth-order valence-corrected chi connectivity index (χ4v) is 4.37. The largest absolute Gasteiger partial charge is 0.466 e. The smallest absolute Gasteiger partial charge is 0.286 e. The quantitative estimate of drug-likeness (QED) is 0.445. The summed E-state index contributed by atoms with van der Waals surface area (Å²) in [5, 5.41) is 4.32. The Morgan fingerprint density at radius 1 is 0.906 bits per heavy atom. The zero-order valence-electron chi connectivity index (χ0n) is 20.7. The van der Waals surface area contributed by atoms with Crippen molar-refractivity contribution >= 4 is 46.5 Å². The first kappa shape index (κ1) is 28.3. The summed E-state index contributed by atoms with van der Waals surface area (Å²) < 4.78 is 9.50. The van der Waals surface area contributed by atoms with E-state index in [1.807, 2.05) is 41.5 Å². The standard InChI is InChI=1S/C8H13NO2.C8H13NS.C7H11NO2S/c1-5-9-7(10)6(11-5)8(2,3)4;1-6-5-7(9-10-6)8(2,3)4;1-7(2,3)4-5(9)8-6(10)11-4/h6H,1H2,2-4H3,(H,9,10);1,5H2,2-4H3;4H,1-3H3,(H,8,9,10). The van der Waals surface area contributed by atoms with Gasteiger partial charge in [0.1, 0.15) is 0 Å². The molecule has 0 aromatic heterocycles. The number of ether oxygens (including phenoxy) is 1. The van der Waals surface area contributed by atoms with E-state index in [-0.39, 0.29) is 38.5 Å². The zero-order valence-corrected chi connectivity index (χ0v) is 22.3. The third-order valence-electron chi connectivity index (χ3n) is 4.54. The molecule has 3 heterocycles. The lowest BCUT2D eigenvalue weighted by molar-refractivity contribution is -0.127. The maximum Gasteiger partial charge on any atom is 0.286 e. The van der Waals surface area contributed by atoms with Crippen molar-refractivity contribution in [1.82, 2.24) is 10.6 Å². The summed E-state index contributed by atoms with van der Waals surface area (Å²) in [7, 11) is 0. The number of thioether (sulfide) groups is 1. The van der Waals surface area contributed by atoms with Crippen molar-refractivity contribution in [2.24, 2.45) is 20.6 Å². The second-order valence-electron chi connectivity index (χ2n) is 11.0. The Morgan fingerprint density at radius 3 is 1.66 bits per heavy atom. The van der Waals surface area contributed by atoms with E-state index in [9.17, 15) is 14.4 Å². The summed E-state index contributed by atoms with van der Waals surface area (Å²) in [6.45, 7) is 25.6. The van der Waals surface area contributed by atoms with Gasteiger partial charge in [0.05, 0.1) is 5.25 Å². The van der Waals surface area contributed by atoms with Crippen LogP contribution in [0, 0.1) is 16.2 Å². The minimum absolute atomic E-state index is 0.0949. The molecule has 0 bridgehead atoms. The average molecular weight is 484 g/mol. The minimum atomic E-state index is -0.394. The van der Waals surface area contributed by atoms with Crippen LogP contribution in [0.5, 0.6) is 0 Å². The summed E-state index contributed by atoms with van der Waals surface area (Å²) in [5.41, 5.74) is 1.19. The van der Waals surface area contributed by atoms with Gasteiger partial charge in [-0.1, -0.05) is 80.7 Å². The first-order chi connectivity index (χ1) is 14.3. The van der Waals surface area contributed by atoms with Crippen LogP contribution in [0.15, 0.2) is 28.3 Å². The van der Waals surface area contributed by atoms with Crippen molar-refractivity contribution in [3.8, 4) is 0 Å². The van der Waals surface area contributed by atoms with Crippen LogP contribution in [0.2, 0.25) is 0 Å². The fourth-order valence-electron chi connectivity index (χ4n) is 2.70. The number of hydrogen-bond donors (Lipinski definition) is 2. The predicted octanol–water partition coefficient (Wildman–Crippen LogP) is 5.44. The van der Waals surface area contributed by atoms with E-state index in [0.717, 1.165) is 18.2 Å². The number of carbonyl (C=O) groups is 3. The molecule has 2 atom stereocenters. The van der Waals surface area contributed by atoms with E-state index in [4.69, 9.17) is 4.74 Å². The monoisotopic (exact) mass is 483 g/mol. The number of nitrogens with one attached hydrogen (secondary N) is 2. The van der Waals surface area contributed by atoms with Gasteiger partial charge in [0.15, 0.2) is 12.0 Å². The molecule has 0 aliphatic carbocycles. The molecule has 180 valence electrons. The molecule has 3 amide bonds. The Hall–Kier alpha value is -1.74. The molecule has 2 saturated heterocycles. The molecule has 3 rings (SSSR count). The van der Waals surface area contributed by atoms with Crippen LogP contribution in [0.3, 0.4) is 0 Å². The molecule has 2 unspecified atom stereocenters. The Bertz CT molecular complexity index is 769. The van der Waals surface area contributed by atoms with Crippen LogP contribution >= 0.6 is 23.7 Å². The SMILES string of the molecule is C=C1CC(C(C)(C)C)=NS1.C=C1NC(=O)C(C(C)(C)C)O1.CC(C)(C)C1SC(=O)NC1=O. The van der Waals surface area contributed by atoms with Gasteiger partial charge >= 0.3 is 0 Å². The molecule has 0 aromatic rings. The molecule has 7 nitrogen and oxygen atoms in total. The van der Waals surface area contributed by atoms with E-state index in [2.05, 4.69) is 49.0 Å². The third kappa shape index (κ3) is 8.65. The van der Waals surface area contributed by atoms with Crippen molar-refractivity contribution < 1.29 is 19.1 Å². The zero-order chi connectivity index (χ0) is 25.1. The van der Waals surface area contributed by atoms with Gasteiger partial charge in [0.2, 0.25) is 5.91 Å². The first-order valence-electron chi connectivity index (χ1n) is 10.4. The molecular weight excluding hydrogens is 446 g/mol. The lowest BCUT2D eigenvalue weighted by Gasteiger charge is -2.22. The van der Waals surface area contributed by atoms with E-state index < -0.39 is 6.10 Å². The van der Waals surface area contributed by atoms with Gasteiger partial charge in [-0.3, -0.25) is 25.0 Å². The Labute approximate surface area is 200 Å². The van der Waals surface area contributed by atoms with Crippen molar-refractivity contribution in [2.75, 3.05) is 0 Å². The molecule has 32 heavy (non-hydrogen) atoms. The van der Waals surface area contributed by atoms with Gasteiger partial charge in [-0.15, -0.1) is 0 Å². The molecule has 3 aliphatic rings. The van der Waals surface area contributed by atoms with Crippen LogP contribution in [0.1, 0.15) is 68.7 Å². The average Bonchev–Trinajstić information content (AvgIpc) is 3.26. The highest BCUT2D eigenvalue weighted by Gasteiger charge is 2.40. The maximum absolute atomic E-state index is 11.1. The van der Waals surface area contributed by atoms with Crippen LogP contribution in [-0.4, -0.2) is 34.1 Å². The fraction of sp³-hybridized carbons (Fsp3) is 0.652. The van der Waals surface area contributed by atoms with Gasteiger partial charge < -0.3 is 4.74 Å². The van der Waals surface area contributed by atoms with E-state index in [0.29, 0.717) is 5.88 Å². The molecular formula is C23H37N3O4S2. The highest BCUT2D eigenvalue weighted by molar-refractivity contribution is 8.15. The Morgan fingerprint density at radius 2 is 1.47 bits per heavy atom. The van der Waals surface area contributed by atoms with Crippen LogP contribution < -0.4 is 10.6 Å². The Kier molecular flexibility index (Phi) is 9.25. The molecule has 0 aromatic carbocycles. The van der Waals surface area contributed by atoms with E-state index in [1.165, 1.54) is 22.6 Å². The highest BCUT2D eigenvalue weighted by Crippen LogP contribution is 2.35. The van der Waals surface area contributed by atoms with Crippen molar-refractivity contribution in [3.05, 3.63) is 23.9 Å². The summed E-state index contributed by atoms with van der Waals surface area (Å²) in [5.74, 6) is 0.102. The molecule has 0 spiro atoms. The van der Waals surface area contributed by atoms with Gasteiger partial charge in [-0.05, 0) is 12.0 Å². The summed E-state index contributed by atoms with van der Waals surface area (Å²) in [6, 6.07) is 0. The molecule has 3 aliphatic heterocycles.